The van der Waals surface area contributed by atoms with Gasteiger partial charge >= 0.3 is 0 Å². The van der Waals surface area contributed by atoms with E-state index in [-0.39, 0.29) is 23.8 Å². The second-order valence-corrected chi connectivity index (χ2v) is 9.21. The molecule has 29 heavy (non-hydrogen) atoms. The second-order valence-electron chi connectivity index (χ2n) is 8.35. The molecule has 2 amide bonds. The Hall–Kier alpha value is -2.34. The van der Waals surface area contributed by atoms with Crippen LogP contribution in [0, 0.1) is 24.7 Å². The number of carbonyl (C=O) groups is 2. The summed E-state index contributed by atoms with van der Waals surface area (Å²) >= 11 is 3.57. The van der Waals surface area contributed by atoms with Gasteiger partial charge in [0.1, 0.15) is 5.75 Å². The Morgan fingerprint density at radius 2 is 1.97 bits per heavy atom. The molecule has 0 aromatic heterocycles. The van der Waals surface area contributed by atoms with Gasteiger partial charge < -0.3 is 15.0 Å². The first-order valence-electron chi connectivity index (χ1n) is 10.0. The molecule has 0 spiro atoms. The van der Waals surface area contributed by atoms with E-state index in [1.54, 1.807) is 7.11 Å². The molecule has 2 saturated carbocycles. The fourth-order valence-electron chi connectivity index (χ4n) is 5.19. The van der Waals surface area contributed by atoms with E-state index in [0.29, 0.717) is 18.4 Å². The van der Waals surface area contributed by atoms with Crippen molar-refractivity contribution < 1.29 is 14.3 Å². The Bertz CT molecular complexity index is 1010. The predicted octanol–water partition coefficient (Wildman–Crippen LogP) is 4.39. The first kappa shape index (κ1) is 18.7. The van der Waals surface area contributed by atoms with Gasteiger partial charge in [-0.2, -0.15) is 0 Å². The molecular weight excluding hydrogens is 432 g/mol. The number of ether oxygens (including phenoxy) is 1. The molecule has 0 bridgehead atoms. The lowest BCUT2D eigenvalue weighted by atomic mass is 10.0. The molecule has 2 unspecified atom stereocenters. The summed E-state index contributed by atoms with van der Waals surface area (Å²) in [7, 11) is 1.63. The highest BCUT2D eigenvalue weighted by atomic mass is 79.9. The molecule has 2 fully saturated rings. The quantitative estimate of drug-likeness (QED) is 0.745. The summed E-state index contributed by atoms with van der Waals surface area (Å²) in [6, 6.07) is 11.8. The van der Waals surface area contributed by atoms with E-state index in [1.165, 1.54) is 0 Å². The van der Waals surface area contributed by atoms with Gasteiger partial charge in [0.25, 0.3) is 5.91 Å². The number of nitrogens with zero attached hydrogens (tertiary/aromatic N) is 1. The van der Waals surface area contributed by atoms with Crippen LogP contribution in [0.5, 0.6) is 5.75 Å². The molecule has 1 heterocycles. The summed E-state index contributed by atoms with van der Waals surface area (Å²) in [5.41, 5.74) is 3.71. The fraction of sp³-hybridized carbons (Fsp3) is 0.391. The molecule has 2 aromatic carbocycles. The van der Waals surface area contributed by atoms with Crippen molar-refractivity contribution >= 4 is 33.4 Å². The monoisotopic (exact) mass is 454 g/mol. The van der Waals surface area contributed by atoms with Crippen LogP contribution in [0.4, 0.5) is 5.69 Å². The standard InChI is InChI=1S/C23H23BrN2O3/c1-12-6-7-13(8-20(12)29-2)25-22(27)21-16-9-14(10-17(16)21)26-11-18-15(23(26)28)4-3-5-19(18)24/h3-8,14,16-17,21H,9-11H2,1-2H3,(H,25,27)/t14?,16-,17+,21?. The summed E-state index contributed by atoms with van der Waals surface area (Å²) in [4.78, 5) is 27.6. The van der Waals surface area contributed by atoms with E-state index in [4.69, 9.17) is 4.74 Å². The van der Waals surface area contributed by atoms with Gasteiger partial charge in [-0.15, -0.1) is 0 Å². The fourth-order valence-corrected chi connectivity index (χ4v) is 5.68. The average molecular weight is 455 g/mol. The molecule has 2 aliphatic carbocycles. The van der Waals surface area contributed by atoms with Gasteiger partial charge in [0.2, 0.25) is 5.91 Å². The topological polar surface area (TPSA) is 58.6 Å². The van der Waals surface area contributed by atoms with Crippen LogP contribution in [-0.2, 0) is 11.3 Å². The van der Waals surface area contributed by atoms with E-state index >= 15 is 0 Å². The highest BCUT2D eigenvalue weighted by Crippen LogP contribution is 2.59. The second kappa shape index (κ2) is 6.87. The van der Waals surface area contributed by atoms with Crippen LogP contribution in [0.15, 0.2) is 40.9 Å². The van der Waals surface area contributed by atoms with Crippen molar-refractivity contribution in [2.75, 3.05) is 12.4 Å². The summed E-state index contributed by atoms with van der Waals surface area (Å²) < 4.78 is 6.34. The number of methoxy groups -OCH3 is 1. The summed E-state index contributed by atoms with van der Waals surface area (Å²) in [6.45, 7) is 2.64. The van der Waals surface area contributed by atoms with Crippen LogP contribution in [0.1, 0.15) is 34.3 Å². The lowest BCUT2D eigenvalue weighted by Crippen LogP contribution is -2.35. The molecule has 1 aliphatic heterocycles. The van der Waals surface area contributed by atoms with E-state index < -0.39 is 0 Å². The van der Waals surface area contributed by atoms with Crippen LogP contribution in [0.2, 0.25) is 0 Å². The number of rotatable bonds is 4. The lowest BCUT2D eigenvalue weighted by Gasteiger charge is -2.26. The van der Waals surface area contributed by atoms with Crippen molar-refractivity contribution in [2.45, 2.75) is 32.4 Å². The highest BCUT2D eigenvalue weighted by Gasteiger charge is 2.61. The summed E-state index contributed by atoms with van der Waals surface area (Å²) in [6.07, 6.45) is 1.83. The molecule has 5 nitrogen and oxygen atoms in total. The van der Waals surface area contributed by atoms with E-state index in [2.05, 4.69) is 21.2 Å². The molecule has 3 aliphatic rings. The van der Waals surface area contributed by atoms with Crippen molar-refractivity contribution in [2.24, 2.45) is 17.8 Å². The minimum atomic E-state index is 0.0605. The van der Waals surface area contributed by atoms with Crippen molar-refractivity contribution in [1.82, 2.24) is 4.90 Å². The molecule has 150 valence electrons. The zero-order valence-electron chi connectivity index (χ0n) is 16.4. The van der Waals surface area contributed by atoms with Gasteiger partial charge in [0, 0.05) is 40.3 Å². The molecular formula is C23H23BrN2O3. The zero-order chi connectivity index (χ0) is 20.3. The maximum absolute atomic E-state index is 12.8. The van der Waals surface area contributed by atoms with E-state index in [1.807, 2.05) is 48.2 Å². The minimum Gasteiger partial charge on any atom is -0.496 e. The number of halogens is 1. The largest absolute Gasteiger partial charge is 0.496 e. The number of hydrogen-bond donors (Lipinski definition) is 1. The minimum absolute atomic E-state index is 0.0605. The van der Waals surface area contributed by atoms with Crippen molar-refractivity contribution in [1.29, 1.82) is 0 Å². The molecule has 6 heteroatoms. The summed E-state index contributed by atoms with van der Waals surface area (Å²) in [5.74, 6) is 1.81. The molecule has 0 radical (unpaired) electrons. The zero-order valence-corrected chi connectivity index (χ0v) is 18.0. The van der Waals surface area contributed by atoms with Crippen molar-refractivity contribution in [3.63, 3.8) is 0 Å². The molecule has 1 N–H and O–H groups in total. The third-order valence-corrected chi connectivity index (χ3v) is 7.52. The van der Waals surface area contributed by atoms with Crippen LogP contribution in [0.25, 0.3) is 0 Å². The number of fused-ring (bicyclic) bond motifs is 2. The average Bonchev–Trinajstić information content (AvgIpc) is 3.04. The number of hydrogen-bond acceptors (Lipinski definition) is 3. The number of anilines is 1. The van der Waals surface area contributed by atoms with Crippen LogP contribution < -0.4 is 10.1 Å². The Labute approximate surface area is 178 Å². The molecule has 5 rings (SSSR count). The smallest absolute Gasteiger partial charge is 0.254 e. The third-order valence-electron chi connectivity index (χ3n) is 6.78. The van der Waals surface area contributed by atoms with E-state index in [9.17, 15) is 9.59 Å². The third kappa shape index (κ3) is 3.05. The Kier molecular flexibility index (Phi) is 4.42. The SMILES string of the molecule is COc1cc(NC(=O)C2[C@H]3CC(N4Cc5c(Br)cccc5C4=O)C[C@@H]23)ccc1C. The Morgan fingerprint density at radius 3 is 2.66 bits per heavy atom. The van der Waals surface area contributed by atoms with Gasteiger partial charge in [-0.3, -0.25) is 9.59 Å². The van der Waals surface area contributed by atoms with Crippen LogP contribution in [0.3, 0.4) is 0 Å². The molecule has 2 aromatic rings. The van der Waals surface area contributed by atoms with Crippen molar-refractivity contribution in [3.05, 3.63) is 57.6 Å². The Balaban J connectivity index is 1.21. The number of aryl methyl sites for hydroxylation is 1. The predicted molar refractivity (Wildman–Crippen MR) is 114 cm³/mol. The number of amides is 2. The van der Waals surface area contributed by atoms with Gasteiger partial charge in [0.05, 0.1) is 7.11 Å². The Morgan fingerprint density at radius 1 is 1.21 bits per heavy atom. The van der Waals surface area contributed by atoms with E-state index in [0.717, 1.165) is 45.4 Å². The lowest BCUT2D eigenvalue weighted by molar-refractivity contribution is -0.118. The van der Waals surface area contributed by atoms with Gasteiger partial charge in [-0.1, -0.05) is 28.1 Å². The molecule has 0 saturated heterocycles. The maximum atomic E-state index is 12.8. The van der Waals surface area contributed by atoms with Crippen LogP contribution in [-0.4, -0.2) is 29.9 Å². The number of benzene rings is 2. The normalized spacial score (nSPS) is 26.9. The number of nitrogens with one attached hydrogen (secondary N) is 1. The van der Waals surface area contributed by atoms with Gasteiger partial charge in [0.15, 0.2) is 0 Å². The van der Waals surface area contributed by atoms with Gasteiger partial charge in [-0.25, -0.2) is 0 Å². The van der Waals surface area contributed by atoms with Gasteiger partial charge in [-0.05, 0) is 60.9 Å². The molecule has 4 atom stereocenters. The van der Waals surface area contributed by atoms with Crippen molar-refractivity contribution in [3.8, 4) is 5.75 Å². The highest BCUT2D eigenvalue weighted by molar-refractivity contribution is 9.10. The number of carbonyl (C=O) groups excluding carboxylic acids is 2. The summed E-state index contributed by atoms with van der Waals surface area (Å²) in [5, 5.41) is 3.04. The van der Waals surface area contributed by atoms with Crippen LogP contribution >= 0.6 is 15.9 Å². The first-order chi connectivity index (χ1) is 14.0. The maximum Gasteiger partial charge on any atom is 0.254 e. The first-order valence-corrected chi connectivity index (χ1v) is 10.8.